The molecule has 0 fully saturated rings. The predicted molar refractivity (Wildman–Crippen MR) is 124 cm³/mol. The molecule has 3 aromatic rings. The maximum atomic E-state index is 13.0. The summed E-state index contributed by atoms with van der Waals surface area (Å²) < 4.78 is 27.9. The first kappa shape index (κ1) is 23.3. The molecule has 0 saturated carbocycles. The highest BCUT2D eigenvalue weighted by Gasteiger charge is 2.19. The lowest BCUT2D eigenvalue weighted by Crippen LogP contribution is -2.18. The molecule has 0 radical (unpaired) electrons. The summed E-state index contributed by atoms with van der Waals surface area (Å²) in [5, 5.41) is 9.80. The average Bonchev–Trinajstić information content (AvgIpc) is 2.97. The van der Waals surface area contributed by atoms with Crippen LogP contribution in [-0.4, -0.2) is 36.2 Å². The molecule has 0 atom stereocenters. The van der Waals surface area contributed by atoms with Crippen LogP contribution in [0.4, 0.5) is 5.69 Å². The van der Waals surface area contributed by atoms with E-state index in [1.54, 1.807) is 36.4 Å². The second-order valence-electron chi connectivity index (χ2n) is 7.19. The molecule has 164 valence electrons. The molecule has 0 aliphatic rings. The van der Waals surface area contributed by atoms with Gasteiger partial charge in [0.1, 0.15) is 0 Å². The first-order valence-corrected chi connectivity index (χ1v) is 11.9. The van der Waals surface area contributed by atoms with Crippen LogP contribution in [0.1, 0.15) is 32.9 Å². The summed E-state index contributed by atoms with van der Waals surface area (Å²) in [6.07, 6.45) is 0.466. The molecule has 0 spiro atoms. The number of hydrogen-bond acceptors (Lipinski definition) is 4. The minimum absolute atomic E-state index is 0.0948. The normalized spacial score (nSPS) is 11.5. The van der Waals surface area contributed by atoms with Gasteiger partial charge in [0, 0.05) is 40.5 Å². The Hall–Kier alpha value is -2.32. The van der Waals surface area contributed by atoms with Gasteiger partial charge in [0.2, 0.25) is 15.8 Å². The smallest absolute Gasteiger partial charge is 0.234 e. The molecule has 0 aliphatic heterocycles. The Bertz CT molecular complexity index is 1220. The Kier molecular flexibility index (Phi) is 7.11. The van der Waals surface area contributed by atoms with Gasteiger partial charge in [-0.05, 0) is 60.5 Å². The topological polar surface area (TPSA) is 88.4 Å². The fourth-order valence-corrected chi connectivity index (χ4v) is 4.56. The number of carbonyl (C=O) groups excluding carboxylic acids is 1. The van der Waals surface area contributed by atoms with Crippen molar-refractivity contribution < 1.29 is 18.3 Å². The summed E-state index contributed by atoms with van der Waals surface area (Å²) in [7, 11) is -1.80. The second kappa shape index (κ2) is 9.44. The third kappa shape index (κ3) is 5.49. The van der Waals surface area contributed by atoms with Gasteiger partial charge in [0.25, 0.3) is 0 Å². The average molecular weight is 481 g/mol. The zero-order valence-corrected chi connectivity index (χ0v) is 19.4. The van der Waals surface area contributed by atoms with Crippen LogP contribution in [0.3, 0.4) is 0 Å². The van der Waals surface area contributed by atoms with Crippen LogP contribution in [0.25, 0.3) is 0 Å². The Morgan fingerprint density at radius 3 is 2.39 bits per heavy atom. The predicted octanol–water partition coefficient (Wildman–Crippen LogP) is 4.20. The fourth-order valence-electron chi connectivity index (χ4n) is 3.36. The molecule has 9 heteroatoms. The van der Waals surface area contributed by atoms with Crippen LogP contribution in [0.2, 0.25) is 10.0 Å². The maximum absolute atomic E-state index is 13.0. The van der Waals surface area contributed by atoms with Gasteiger partial charge in [-0.3, -0.25) is 9.52 Å². The van der Waals surface area contributed by atoms with Crippen molar-refractivity contribution in [2.45, 2.75) is 13.3 Å². The van der Waals surface area contributed by atoms with Gasteiger partial charge >= 0.3 is 0 Å². The van der Waals surface area contributed by atoms with E-state index in [9.17, 15) is 13.2 Å². The number of anilines is 1. The van der Waals surface area contributed by atoms with E-state index in [-0.39, 0.29) is 11.5 Å². The number of aliphatic hydroxyl groups excluding tert-OH is 1. The van der Waals surface area contributed by atoms with Gasteiger partial charge in [0.05, 0.1) is 18.1 Å². The second-order valence-corrected chi connectivity index (χ2v) is 9.88. The minimum atomic E-state index is -3.63. The van der Waals surface area contributed by atoms with Crippen LogP contribution in [0.5, 0.6) is 0 Å². The number of benzene rings is 2. The van der Waals surface area contributed by atoms with Crippen LogP contribution in [-0.2, 0) is 23.5 Å². The van der Waals surface area contributed by atoms with Crippen LogP contribution in [0, 0.1) is 6.92 Å². The van der Waals surface area contributed by atoms with Crippen LogP contribution in [0.15, 0.2) is 48.5 Å². The number of nitrogens with one attached hydrogen (secondary N) is 1. The highest BCUT2D eigenvalue weighted by molar-refractivity contribution is 7.92. The molecule has 1 heterocycles. The van der Waals surface area contributed by atoms with Crippen molar-refractivity contribution in [1.29, 1.82) is 0 Å². The molecular weight excluding hydrogens is 459 g/mol. The van der Waals surface area contributed by atoms with E-state index in [4.69, 9.17) is 28.3 Å². The monoisotopic (exact) mass is 480 g/mol. The minimum Gasteiger partial charge on any atom is -0.395 e. The molecule has 0 saturated heterocycles. The van der Waals surface area contributed by atoms with Gasteiger partial charge in [-0.15, -0.1) is 0 Å². The summed E-state index contributed by atoms with van der Waals surface area (Å²) in [5.41, 5.74) is 3.99. The van der Waals surface area contributed by atoms with E-state index < -0.39 is 16.6 Å². The highest BCUT2D eigenvalue weighted by atomic mass is 35.5. The first-order valence-electron chi connectivity index (χ1n) is 9.46. The maximum Gasteiger partial charge on any atom is 0.234 e. The Labute approximate surface area is 191 Å². The Balaban J connectivity index is 1.84. The van der Waals surface area contributed by atoms with Crippen molar-refractivity contribution >= 4 is 44.7 Å². The number of aliphatic hydroxyl groups is 1. The summed E-state index contributed by atoms with van der Waals surface area (Å²) in [6.45, 7) is 1.42. The largest absolute Gasteiger partial charge is 0.395 e. The van der Waals surface area contributed by atoms with Crippen LogP contribution >= 0.6 is 23.2 Å². The number of rotatable bonds is 8. The fraction of sp³-hybridized carbons (Fsp3) is 0.227. The van der Waals surface area contributed by atoms with Gasteiger partial charge < -0.3 is 9.67 Å². The Morgan fingerprint density at radius 1 is 1.10 bits per heavy atom. The summed E-state index contributed by atoms with van der Waals surface area (Å²) in [6, 6.07) is 13.6. The zero-order valence-electron chi connectivity index (χ0n) is 17.0. The third-order valence-electron chi connectivity index (χ3n) is 4.90. The lowest BCUT2D eigenvalue weighted by molar-refractivity contribution is 0.103. The Morgan fingerprint density at radius 2 is 1.77 bits per heavy atom. The van der Waals surface area contributed by atoms with Gasteiger partial charge in [-0.1, -0.05) is 29.3 Å². The quantitative estimate of drug-likeness (QED) is 0.472. The van der Waals surface area contributed by atoms with Gasteiger partial charge in [-0.25, -0.2) is 8.42 Å². The number of sulfonamides is 1. The molecule has 2 aromatic carbocycles. The summed E-state index contributed by atoms with van der Waals surface area (Å²) >= 11 is 12.3. The first-order chi connectivity index (χ1) is 14.6. The number of nitrogens with zero attached hydrogens (tertiary/aromatic N) is 1. The number of aromatic nitrogens is 1. The van der Waals surface area contributed by atoms with Crippen LogP contribution < -0.4 is 4.72 Å². The van der Waals surface area contributed by atoms with E-state index in [0.29, 0.717) is 33.4 Å². The van der Waals surface area contributed by atoms with Crippen molar-refractivity contribution in [2.75, 3.05) is 17.1 Å². The van der Waals surface area contributed by atoms with Crippen molar-refractivity contribution in [3.63, 3.8) is 0 Å². The lowest BCUT2D eigenvalue weighted by atomic mass is 10.1. The van der Waals surface area contributed by atoms with E-state index in [1.807, 2.05) is 24.6 Å². The van der Waals surface area contributed by atoms with Crippen molar-refractivity contribution in [3.8, 4) is 0 Å². The number of aryl methyl sites for hydroxylation is 1. The summed E-state index contributed by atoms with van der Waals surface area (Å²) in [4.78, 5) is 13.0. The standard InChI is InChI=1S/C22H22Cl2N2O4S/c1-14-11-19(26(2)21(14)22(28)15-3-6-17(23)7-4-15)12-16-5-8-18(13-20(16)24)25-31(29,30)10-9-27/h3-8,11,13,25,27H,9-10,12H2,1-2H3. The van der Waals surface area contributed by atoms with Crippen molar-refractivity contribution in [2.24, 2.45) is 7.05 Å². The molecule has 1 aromatic heterocycles. The number of carbonyl (C=O) groups is 1. The molecule has 3 rings (SSSR count). The molecule has 0 amide bonds. The summed E-state index contributed by atoms with van der Waals surface area (Å²) in [5.74, 6) is -0.484. The third-order valence-corrected chi connectivity index (χ3v) is 6.77. The highest BCUT2D eigenvalue weighted by Crippen LogP contribution is 2.26. The van der Waals surface area contributed by atoms with E-state index in [2.05, 4.69) is 4.72 Å². The number of hydrogen-bond donors (Lipinski definition) is 2. The molecule has 0 bridgehead atoms. The molecule has 6 nitrogen and oxygen atoms in total. The molecule has 0 aliphatic carbocycles. The molecule has 0 unspecified atom stereocenters. The molecule has 31 heavy (non-hydrogen) atoms. The number of halogens is 2. The van der Waals surface area contributed by atoms with E-state index in [0.717, 1.165) is 16.8 Å². The molecule has 2 N–H and O–H groups in total. The molecular formula is C22H22Cl2N2O4S. The number of ketones is 1. The van der Waals surface area contributed by atoms with Crippen molar-refractivity contribution in [1.82, 2.24) is 4.57 Å². The van der Waals surface area contributed by atoms with E-state index >= 15 is 0 Å². The van der Waals surface area contributed by atoms with Gasteiger partial charge in [0.15, 0.2) is 0 Å². The van der Waals surface area contributed by atoms with Gasteiger partial charge in [-0.2, -0.15) is 0 Å². The lowest BCUT2D eigenvalue weighted by Gasteiger charge is -2.11. The SMILES string of the molecule is Cc1cc(Cc2ccc(NS(=O)(=O)CCO)cc2Cl)n(C)c1C(=O)c1ccc(Cl)cc1. The van der Waals surface area contributed by atoms with E-state index in [1.165, 1.54) is 6.07 Å². The zero-order chi connectivity index (χ0) is 22.8. The van der Waals surface area contributed by atoms with Crippen molar-refractivity contribution in [3.05, 3.63) is 86.7 Å².